The summed E-state index contributed by atoms with van der Waals surface area (Å²) in [7, 11) is 0. The van der Waals surface area contributed by atoms with E-state index in [0.717, 1.165) is 22.0 Å². The molecule has 4 rings (SSSR count). The molecule has 3 nitrogen and oxygen atoms in total. The van der Waals surface area contributed by atoms with Crippen LogP contribution < -0.4 is 5.43 Å². The van der Waals surface area contributed by atoms with E-state index < -0.39 is 0 Å². The number of anilines is 1. The molecule has 0 spiro atoms. The van der Waals surface area contributed by atoms with Gasteiger partial charge in [0.2, 0.25) is 5.13 Å². The van der Waals surface area contributed by atoms with Gasteiger partial charge in [0, 0.05) is 10.9 Å². The van der Waals surface area contributed by atoms with Gasteiger partial charge in [-0.1, -0.05) is 66.2 Å². The number of aryl methyl sites for hydroxylation is 1. The largest absolute Gasteiger partial charge is 0.253 e. The summed E-state index contributed by atoms with van der Waals surface area (Å²) >= 11 is 1.55. The maximum Gasteiger partial charge on any atom is 0.203 e. The number of benzene rings is 3. The Balaban J connectivity index is 1.50. The first kappa shape index (κ1) is 15.5. The number of fused-ring (bicyclic) bond motifs is 1. The number of thiazole rings is 1. The van der Waals surface area contributed by atoms with Crippen LogP contribution in [0.25, 0.3) is 22.0 Å². The smallest absolute Gasteiger partial charge is 0.203 e. The van der Waals surface area contributed by atoms with Crippen LogP contribution in [0.3, 0.4) is 0 Å². The molecular weight excluding hydrogens is 326 g/mol. The van der Waals surface area contributed by atoms with Gasteiger partial charge in [0.05, 0.1) is 11.9 Å². The molecule has 0 aliphatic rings. The van der Waals surface area contributed by atoms with Crippen molar-refractivity contribution in [2.24, 2.45) is 5.10 Å². The van der Waals surface area contributed by atoms with Crippen LogP contribution >= 0.6 is 11.3 Å². The Hall–Kier alpha value is -2.98. The summed E-state index contributed by atoms with van der Waals surface area (Å²) in [6.45, 7) is 2.07. The van der Waals surface area contributed by atoms with Crippen molar-refractivity contribution in [3.63, 3.8) is 0 Å². The Morgan fingerprint density at radius 2 is 1.76 bits per heavy atom. The molecule has 0 bridgehead atoms. The van der Waals surface area contributed by atoms with Crippen molar-refractivity contribution in [2.75, 3.05) is 5.43 Å². The Morgan fingerprint density at radius 1 is 0.960 bits per heavy atom. The van der Waals surface area contributed by atoms with E-state index >= 15 is 0 Å². The van der Waals surface area contributed by atoms with E-state index in [1.165, 1.54) is 16.3 Å². The molecular formula is C21H17N3S. The molecule has 0 atom stereocenters. The Kier molecular flexibility index (Phi) is 4.27. The first-order valence-corrected chi connectivity index (χ1v) is 8.96. The number of aromatic nitrogens is 1. The lowest BCUT2D eigenvalue weighted by Crippen LogP contribution is -1.90. The molecule has 0 aliphatic carbocycles. The fourth-order valence-corrected chi connectivity index (χ4v) is 3.29. The van der Waals surface area contributed by atoms with Crippen LogP contribution in [0.2, 0.25) is 0 Å². The van der Waals surface area contributed by atoms with Crippen LogP contribution in [0, 0.1) is 6.92 Å². The van der Waals surface area contributed by atoms with Crippen molar-refractivity contribution in [3.05, 3.63) is 83.2 Å². The number of hydrogen-bond acceptors (Lipinski definition) is 4. The number of hydrazone groups is 1. The third-order valence-corrected chi connectivity index (χ3v) is 4.75. The average molecular weight is 343 g/mol. The maximum atomic E-state index is 4.63. The number of nitrogens with zero attached hydrogens (tertiary/aromatic N) is 2. The van der Waals surface area contributed by atoms with Gasteiger partial charge in [-0.15, -0.1) is 11.3 Å². The Bertz CT molecular complexity index is 1030. The SMILES string of the molecule is Cc1ccc(/C=N/Nc2nc(-c3ccc4ccccc4c3)cs2)cc1. The van der Waals surface area contributed by atoms with Crippen molar-refractivity contribution in [1.82, 2.24) is 4.98 Å². The van der Waals surface area contributed by atoms with Gasteiger partial charge >= 0.3 is 0 Å². The van der Waals surface area contributed by atoms with Gasteiger partial charge in [0.25, 0.3) is 0 Å². The van der Waals surface area contributed by atoms with E-state index in [0.29, 0.717) is 0 Å². The van der Waals surface area contributed by atoms with E-state index in [4.69, 9.17) is 0 Å². The standard InChI is InChI=1S/C21H17N3S/c1-15-6-8-16(9-7-15)13-22-24-21-23-20(14-25-21)19-11-10-17-4-2-3-5-18(17)12-19/h2-14H,1H3,(H,23,24)/b22-13+. The van der Waals surface area contributed by atoms with Crippen LogP contribution in [0.5, 0.6) is 0 Å². The predicted molar refractivity (Wildman–Crippen MR) is 107 cm³/mol. The minimum Gasteiger partial charge on any atom is -0.253 e. The molecule has 0 aliphatic heterocycles. The fraction of sp³-hybridized carbons (Fsp3) is 0.0476. The molecule has 0 amide bonds. The second kappa shape index (κ2) is 6.87. The maximum absolute atomic E-state index is 4.63. The highest BCUT2D eigenvalue weighted by Gasteiger charge is 2.05. The zero-order valence-corrected chi connectivity index (χ0v) is 14.6. The second-order valence-electron chi connectivity index (χ2n) is 5.88. The van der Waals surface area contributed by atoms with Crippen molar-refractivity contribution in [3.8, 4) is 11.3 Å². The third kappa shape index (κ3) is 3.59. The minimum atomic E-state index is 0.784. The van der Waals surface area contributed by atoms with Gasteiger partial charge in [-0.05, 0) is 29.3 Å². The zero-order valence-electron chi connectivity index (χ0n) is 13.8. The van der Waals surface area contributed by atoms with Crippen LogP contribution in [0.1, 0.15) is 11.1 Å². The van der Waals surface area contributed by atoms with Crippen molar-refractivity contribution in [1.29, 1.82) is 0 Å². The molecule has 4 heteroatoms. The molecule has 0 saturated carbocycles. The van der Waals surface area contributed by atoms with Crippen molar-refractivity contribution < 1.29 is 0 Å². The van der Waals surface area contributed by atoms with Crippen LogP contribution in [0.4, 0.5) is 5.13 Å². The normalized spacial score (nSPS) is 11.2. The van der Waals surface area contributed by atoms with Crippen molar-refractivity contribution >= 4 is 33.5 Å². The molecule has 0 unspecified atom stereocenters. The quantitative estimate of drug-likeness (QED) is 0.380. The summed E-state index contributed by atoms with van der Waals surface area (Å²) in [5.74, 6) is 0. The van der Waals surface area contributed by atoms with Gasteiger partial charge in [0.1, 0.15) is 0 Å². The molecule has 1 N–H and O–H groups in total. The first-order valence-electron chi connectivity index (χ1n) is 8.08. The monoisotopic (exact) mass is 343 g/mol. The molecule has 3 aromatic carbocycles. The van der Waals surface area contributed by atoms with Crippen LogP contribution in [-0.2, 0) is 0 Å². The zero-order chi connectivity index (χ0) is 17.1. The molecule has 0 radical (unpaired) electrons. The average Bonchev–Trinajstić information content (AvgIpc) is 3.12. The van der Waals surface area contributed by atoms with E-state index in [1.807, 2.05) is 17.5 Å². The lowest BCUT2D eigenvalue weighted by Gasteiger charge is -2.00. The number of rotatable bonds is 4. The van der Waals surface area contributed by atoms with Gasteiger partial charge in [-0.3, -0.25) is 5.43 Å². The van der Waals surface area contributed by atoms with E-state index in [1.54, 1.807) is 17.6 Å². The molecule has 4 aromatic rings. The Morgan fingerprint density at radius 3 is 2.60 bits per heavy atom. The highest BCUT2D eigenvalue weighted by Crippen LogP contribution is 2.27. The number of nitrogens with one attached hydrogen (secondary N) is 1. The molecule has 1 heterocycles. The summed E-state index contributed by atoms with van der Waals surface area (Å²) in [5.41, 5.74) is 7.39. The second-order valence-corrected chi connectivity index (χ2v) is 6.74. The van der Waals surface area contributed by atoms with Gasteiger partial charge in [0.15, 0.2) is 0 Å². The van der Waals surface area contributed by atoms with E-state index in [9.17, 15) is 0 Å². The Labute approximate surface area is 150 Å². The number of hydrogen-bond donors (Lipinski definition) is 1. The molecule has 25 heavy (non-hydrogen) atoms. The van der Waals surface area contributed by atoms with Gasteiger partial charge < -0.3 is 0 Å². The van der Waals surface area contributed by atoms with Gasteiger partial charge in [-0.2, -0.15) is 5.10 Å². The minimum absolute atomic E-state index is 0.784. The lowest BCUT2D eigenvalue weighted by molar-refractivity contribution is 1.29. The summed E-state index contributed by atoms with van der Waals surface area (Å²) in [6.07, 6.45) is 1.80. The molecule has 122 valence electrons. The topological polar surface area (TPSA) is 37.3 Å². The summed E-state index contributed by atoms with van der Waals surface area (Å²) < 4.78 is 0. The summed E-state index contributed by atoms with van der Waals surface area (Å²) in [6, 6.07) is 23.0. The first-order chi connectivity index (χ1) is 12.3. The predicted octanol–water partition coefficient (Wildman–Crippen LogP) is 5.72. The molecule has 1 aromatic heterocycles. The van der Waals surface area contributed by atoms with E-state index in [2.05, 4.69) is 77.0 Å². The van der Waals surface area contributed by atoms with Crippen LogP contribution in [0.15, 0.2) is 77.2 Å². The van der Waals surface area contributed by atoms with Crippen LogP contribution in [-0.4, -0.2) is 11.2 Å². The van der Waals surface area contributed by atoms with E-state index in [-0.39, 0.29) is 0 Å². The molecule has 0 fully saturated rings. The lowest BCUT2D eigenvalue weighted by atomic mass is 10.1. The summed E-state index contributed by atoms with van der Waals surface area (Å²) in [5, 5.41) is 9.57. The highest BCUT2D eigenvalue weighted by molar-refractivity contribution is 7.14. The summed E-state index contributed by atoms with van der Waals surface area (Å²) in [4.78, 5) is 4.63. The molecule has 0 saturated heterocycles. The van der Waals surface area contributed by atoms with Gasteiger partial charge in [-0.25, -0.2) is 4.98 Å². The fourth-order valence-electron chi connectivity index (χ4n) is 2.62. The highest BCUT2D eigenvalue weighted by atomic mass is 32.1. The third-order valence-electron chi connectivity index (χ3n) is 4.00. The van der Waals surface area contributed by atoms with Crippen molar-refractivity contribution in [2.45, 2.75) is 6.92 Å².